The van der Waals surface area contributed by atoms with Crippen molar-refractivity contribution in [1.82, 2.24) is 0 Å². The lowest BCUT2D eigenvalue weighted by Crippen LogP contribution is -2.18. The molecule has 2 aliphatic carbocycles. The quantitative estimate of drug-likeness (QED) is 0.792. The summed E-state index contributed by atoms with van der Waals surface area (Å²) in [5.41, 5.74) is 3.48. The van der Waals surface area contributed by atoms with Gasteiger partial charge in [-0.15, -0.1) is 0 Å². The first-order valence-electron chi connectivity index (χ1n) is 7.50. The van der Waals surface area contributed by atoms with Crippen LogP contribution in [-0.4, -0.2) is 17.2 Å². The van der Waals surface area contributed by atoms with Crippen LogP contribution in [0.1, 0.15) is 52.4 Å². The first-order valence-corrected chi connectivity index (χ1v) is 7.50. The molecular weight excluding hydrogens is 240 g/mol. The van der Waals surface area contributed by atoms with Crippen LogP contribution in [0.5, 0.6) is 0 Å². The number of carbonyl (C=O) groups is 1. The Balaban J connectivity index is 2.05. The number of rotatable bonds is 4. The van der Waals surface area contributed by atoms with Gasteiger partial charge in [0.05, 0.1) is 12.5 Å². The van der Waals surface area contributed by atoms with E-state index in [-0.39, 0.29) is 12.1 Å². The summed E-state index contributed by atoms with van der Waals surface area (Å²) >= 11 is 0. The third-order valence-electron chi connectivity index (χ3n) is 4.90. The monoisotopic (exact) mass is 262 g/mol. The van der Waals surface area contributed by atoms with Crippen LogP contribution in [0.2, 0.25) is 0 Å². The van der Waals surface area contributed by atoms with Gasteiger partial charge < -0.3 is 9.84 Å². The Morgan fingerprint density at radius 2 is 2.05 bits per heavy atom. The predicted octanol–water partition coefficient (Wildman–Crippen LogP) is 3.09. The van der Waals surface area contributed by atoms with E-state index < -0.39 is 0 Å². The van der Waals surface area contributed by atoms with E-state index in [1.807, 2.05) is 6.92 Å². The molecule has 3 rings (SSSR count). The molecule has 1 aliphatic heterocycles. The van der Waals surface area contributed by atoms with Crippen LogP contribution in [-0.2, 0) is 9.53 Å². The summed E-state index contributed by atoms with van der Waals surface area (Å²) in [6.07, 6.45) is 5.17. The molecule has 1 N–H and O–H groups in total. The number of hydrogen-bond acceptors (Lipinski definition) is 3. The van der Waals surface area contributed by atoms with Crippen LogP contribution < -0.4 is 0 Å². The van der Waals surface area contributed by atoms with Gasteiger partial charge in [0.15, 0.2) is 0 Å². The Labute approximate surface area is 114 Å². The lowest BCUT2D eigenvalue weighted by atomic mass is 9.85. The molecule has 3 heteroatoms. The molecule has 3 unspecified atom stereocenters. The van der Waals surface area contributed by atoms with E-state index in [2.05, 4.69) is 6.92 Å². The van der Waals surface area contributed by atoms with E-state index in [1.165, 1.54) is 24.0 Å². The number of carbonyl (C=O) groups excluding carboxylic acids is 1. The fourth-order valence-electron chi connectivity index (χ4n) is 3.98. The molecule has 0 aromatic rings. The number of esters is 1. The van der Waals surface area contributed by atoms with Gasteiger partial charge in [-0.1, -0.05) is 13.8 Å². The summed E-state index contributed by atoms with van der Waals surface area (Å²) < 4.78 is 5.50. The molecule has 3 aliphatic rings. The lowest BCUT2D eigenvalue weighted by Gasteiger charge is -2.24. The maximum atomic E-state index is 11.6. The normalized spacial score (nSPS) is 31.4. The molecule has 3 atom stereocenters. The second-order valence-electron chi connectivity index (χ2n) is 5.94. The van der Waals surface area contributed by atoms with Crippen molar-refractivity contribution in [2.75, 3.05) is 0 Å². The number of aliphatic hydroxyl groups excluding tert-OH is 1. The molecule has 0 saturated heterocycles. The smallest absolute Gasteiger partial charge is 0.315 e. The maximum absolute atomic E-state index is 11.6. The number of fused-ring (bicyclic) bond motifs is 2. The number of allylic oxidation sites excluding steroid dienone is 1. The van der Waals surface area contributed by atoms with Gasteiger partial charge in [0.25, 0.3) is 0 Å². The van der Waals surface area contributed by atoms with Crippen LogP contribution >= 0.6 is 0 Å². The van der Waals surface area contributed by atoms with Crippen molar-refractivity contribution < 1.29 is 14.6 Å². The highest BCUT2D eigenvalue weighted by Gasteiger charge is 2.44. The van der Waals surface area contributed by atoms with Crippen molar-refractivity contribution in [2.45, 2.75) is 58.5 Å². The average Bonchev–Trinajstić information content (AvgIpc) is 3.09. The highest BCUT2D eigenvalue weighted by molar-refractivity contribution is 5.78. The molecule has 1 heterocycles. The molecule has 0 radical (unpaired) electrons. The topological polar surface area (TPSA) is 46.5 Å². The lowest BCUT2D eigenvalue weighted by molar-refractivity contribution is -0.136. The van der Waals surface area contributed by atoms with Crippen LogP contribution in [0.3, 0.4) is 0 Å². The zero-order valence-corrected chi connectivity index (χ0v) is 11.7. The Bertz CT molecular complexity index is 472. The predicted molar refractivity (Wildman–Crippen MR) is 72.2 cm³/mol. The molecule has 3 nitrogen and oxygen atoms in total. The molecule has 1 saturated carbocycles. The number of aliphatic hydroxyl groups is 1. The minimum Gasteiger partial charge on any atom is -0.426 e. The molecule has 1 fully saturated rings. The Kier molecular flexibility index (Phi) is 3.25. The van der Waals surface area contributed by atoms with Gasteiger partial charge in [-0.2, -0.15) is 0 Å². The summed E-state index contributed by atoms with van der Waals surface area (Å²) in [5, 5.41) is 10.3. The summed E-state index contributed by atoms with van der Waals surface area (Å²) in [4.78, 5) is 11.6. The van der Waals surface area contributed by atoms with Gasteiger partial charge in [-0.05, 0) is 55.1 Å². The molecule has 0 spiro atoms. The minimum atomic E-state index is -0.366. The largest absolute Gasteiger partial charge is 0.426 e. The van der Waals surface area contributed by atoms with E-state index in [1.54, 1.807) is 0 Å². The average molecular weight is 262 g/mol. The number of cyclic esters (lactones) is 1. The summed E-state index contributed by atoms with van der Waals surface area (Å²) in [6.45, 7) is 4.08. The molecule has 0 aromatic carbocycles. The van der Waals surface area contributed by atoms with Crippen LogP contribution in [0.25, 0.3) is 0 Å². The molecule has 2 bridgehead atoms. The van der Waals surface area contributed by atoms with Crippen molar-refractivity contribution in [1.29, 1.82) is 0 Å². The van der Waals surface area contributed by atoms with Crippen LogP contribution in [0, 0.1) is 11.8 Å². The molecular formula is C16H22O3. The fourth-order valence-corrected chi connectivity index (χ4v) is 3.98. The van der Waals surface area contributed by atoms with Crippen LogP contribution in [0.4, 0.5) is 0 Å². The highest BCUT2D eigenvalue weighted by atomic mass is 16.5. The molecule has 104 valence electrons. The molecule has 0 amide bonds. The Morgan fingerprint density at radius 1 is 1.32 bits per heavy atom. The van der Waals surface area contributed by atoms with Crippen molar-refractivity contribution in [2.24, 2.45) is 11.8 Å². The van der Waals surface area contributed by atoms with E-state index in [0.717, 1.165) is 30.6 Å². The van der Waals surface area contributed by atoms with Gasteiger partial charge >= 0.3 is 5.97 Å². The Morgan fingerprint density at radius 3 is 2.74 bits per heavy atom. The van der Waals surface area contributed by atoms with Crippen molar-refractivity contribution >= 4 is 5.97 Å². The second-order valence-corrected chi connectivity index (χ2v) is 5.94. The van der Waals surface area contributed by atoms with Gasteiger partial charge in [-0.25, -0.2) is 0 Å². The van der Waals surface area contributed by atoms with E-state index in [4.69, 9.17) is 4.74 Å². The van der Waals surface area contributed by atoms with Gasteiger partial charge in [0, 0.05) is 5.57 Å². The third kappa shape index (κ3) is 1.95. The number of hydrogen-bond donors (Lipinski definition) is 1. The van der Waals surface area contributed by atoms with Gasteiger partial charge in [0.1, 0.15) is 5.76 Å². The van der Waals surface area contributed by atoms with Crippen LogP contribution in [0.15, 0.2) is 22.5 Å². The van der Waals surface area contributed by atoms with Gasteiger partial charge in [0.2, 0.25) is 0 Å². The highest BCUT2D eigenvalue weighted by Crippen LogP contribution is 2.53. The maximum Gasteiger partial charge on any atom is 0.315 e. The Hall–Kier alpha value is -1.09. The fraction of sp³-hybridized carbons (Fsp3) is 0.688. The zero-order valence-electron chi connectivity index (χ0n) is 11.7. The van der Waals surface area contributed by atoms with Crippen molar-refractivity contribution in [3.05, 3.63) is 22.5 Å². The second kappa shape index (κ2) is 4.78. The van der Waals surface area contributed by atoms with Crippen molar-refractivity contribution in [3.8, 4) is 0 Å². The van der Waals surface area contributed by atoms with E-state index in [0.29, 0.717) is 18.3 Å². The SMILES string of the molecule is CCC1=C(C2=C(C(O)CC)C3CCC2C3)OC(=O)C1. The summed E-state index contributed by atoms with van der Waals surface area (Å²) in [6, 6.07) is 0. The van der Waals surface area contributed by atoms with Crippen molar-refractivity contribution in [3.63, 3.8) is 0 Å². The molecule has 19 heavy (non-hydrogen) atoms. The third-order valence-corrected chi connectivity index (χ3v) is 4.90. The van der Waals surface area contributed by atoms with E-state index in [9.17, 15) is 9.90 Å². The van der Waals surface area contributed by atoms with E-state index >= 15 is 0 Å². The van der Waals surface area contributed by atoms with Gasteiger partial charge in [-0.3, -0.25) is 4.79 Å². The summed E-state index contributed by atoms with van der Waals surface area (Å²) in [7, 11) is 0. The zero-order chi connectivity index (χ0) is 13.6. The molecule has 0 aromatic heterocycles. The standard InChI is InChI=1S/C16H22O3/c1-3-9-8-13(18)19-16(9)15-11-6-5-10(7-11)14(15)12(17)4-2/h10-12,17H,3-8H2,1-2H3. The first-order chi connectivity index (χ1) is 9.15. The number of ether oxygens (including phenoxy) is 1. The first kappa shape index (κ1) is 12.9. The summed E-state index contributed by atoms with van der Waals surface area (Å²) in [5.74, 6) is 1.71. The minimum absolute atomic E-state index is 0.132.